The minimum Gasteiger partial charge on any atom is -0.356 e. The molecule has 1 N–H and O–H groups in total. The number of nitrogens with zero attached hydrogens (tertiary/aromatic N) is 1. The van der Waals surface area contributed by atoms with Gasteiger partial charge in [-0.3, -0.25) is 4.79 Å². The molecule has 0 aliphatic heterocycles. The Hall–Kier alpha value is -0.860. The van der Waals surface area contributed by atoms with Crippen molar-refractivity contribution in [2.75, 3.05) is 20.6 Å². The van der Waals surface area contributed by atoms with Crippen LogP contribution in [0.25, 0.3) is 0 Å². The number of unbranched alkanes of at least 4 members (excludes halogenated alkanes) is 2. The Kier molecular flexibility index (Phi) is 6.34. The zero-order valence-corrected chi connectivity index (χ0v) is 8.26. The molecule has 0 atom stereocenters. The van der Waals surface area contributed by atoms with Crippen LogP contribution >= 0.6 is 0 Å². The van der Waals surface area contributed by atoms with Crippen LogP contribution in [0.4, 0.5) is 0 Å². The van der Waals surface area contributed by atoms with Gasteiger partial charge in [0.1, 0.15) is 20.3 Å². The molecule has 0 rings (SSSR count). The summed E-state index contributed by atoms with van der Waals surface area (Å²) in [7, 11) is 4.04. The summed E-state index contributed by atoms with van der Waals surface area (Å²) in [5.74, 6) is 0.0617. The van der Waals surface area contributed by atoms with E-state index in [1.54, 1.807) is 6.92 Å². The van der Waals surface area contributed by atoms with Gasteiger partial charge in [-0.25, -0.2) is 4.58 Å². The molecule has 0 fully saturated rings. The van der Waals surface area contributed by atoms with Crippen molar-refractivity contribution in [2.45, 2.75) is 26.2 Å². The molecule has 0 spiro atoms. The number of carbonyl (C=O) groups is 1. The van der Waals surface area contributed by atoms with Crippen molar-refractivity contribution in [1.29, 1.82) is 0 Å². The van der Waals surface area contributed by atoms with E-state index in [2.05, 4.69) is 16.1 Å². The molecule has 0 aromatic carbocycles. The number of amides is 1. The van der Waals surface area contributed by atoms with Gasteiger partial charge in [-0.2, -0.15) is 0 Å². The topological polar surface area (TPSA) is 32.1 Å². The Bertz CT molecular complexity index is 160. The normalized spacial score (nSPS) is 11.4. The number of nitrogens with one attached hydrogen (secondary N) is 1. The summed E-state index contributed by atoms with van der Waals surface area (Å²) in [4.78, 5) is 10.5. The number of rotatable bonds is 5. The highest BCUT2D eigenvalue weighted by Crippen LogP contribution is 1.90. The monoisotopic (exact) mass is 173 g/mol. The first-order valence-corrected chi connectivity index (χ1v) is 4.37. The summed E-state index contributed by atoms with van der Waals surface area (Å²) in [6.07, 6.45) is 5.43. The summed E-state index contributed by atoms with van der Waals surface area (Å²) in [6.45, 7) is 2.35. The third-order valence-corrected chi connectivity index (χ3v) is 1.50. The van der Waals surface area contributed by atoms with Gasteiger partial charge in [-0.05, 0) is 12.8 Å². The largest absolute Gasteiger partial charge is 0.356 e. The molecular formula is C9H19N2O+. The van der Waals surface area contributed by atoms with Gasteiger partial charge in [0.2, 0.25) is 5.91 Å². The van der Waals surface area contributed by atoms with Crippen molar-refractivity contribution >= 4 is 12.1 Å². The Balaban J connectivity index is 3.11. The van der Waals surface area contributed by atoms with Crippen molar-refractivity contribution in [1.82, 2.24) is 5.32 Å². The Labute approximate surface area is 74.5 Å². The second kappa shape index (κ2) is 6.83. The average molecular weight is 173 g/mol. The van der Waals surface area contributed by atoms with E-state index in [9.17, 15) is 4.79 Å². The van der Waals surface area contributed by atoms with E-state index in [1.807, 2.05) is 14.1 Å². The van der Waals surface area contributed by atoms with Crippen LogP contribution in [-0.2, 0) is 4.79 Å². The lowest BCUT2D eigenvalue weighted by Gasteiger charge is -1.98. The van der Waals surface area contributed by atoms with E-state index in [0.29, 0.717) is 0 Å². The van der Waals surface area contributed by atoms with Crippen LogP contribution in [0.15, 0.2) is 0 Å². The zero-order chi connectivity index (χ0) is 9.40. The van der Waals surface area contributed by atoms with E-state index < -0.39 is 0 Å². The fraction of sp³-hybridized carbons (Fsp3) is 0.778. The van der Waals surface area contributed by atoms with E-state index >= 15 is 0 Å². The van der Waals surface area contributed by atoms with Gasteiger partial charge in [0.25, 0.3) is 0 Å². The van der Waals surface area contributed by atoms with Gasteiger partial charge < -0.3 is 5.32 Å². The number of carbonyl (C=O) groups excluding carboxylic acids is 1. The quantitative estimate of drug-likeness (QED) is 0.281. The highest BCUT2D eigenvalue weighted by atomic mass is 16.2. The van der Waals surface area contributed by atoms with Gasteiger partial charge in [0.05, 0.1) is 0 Å². The van der Waals surface area contributed by atoms with Crippen LogP contribution < -0.4 is 5.32 Å². The summed E-state index contributed by atoms with van der Waals surface area (Å²) in [5, 5.41) is 2.77. The van der Waals surface area contributed by atoms with E-state index in [4.69, 9.17) is 0 Å². The van der Waals surface area contributed by atoms with Crippen molar-refractivity contribution in [2.24, 2.45) is 0 Å². The van der Waals surface area contributed by atoms with Crippen molar-refractivity contribution in [3.63, 3.8) is 0 Å². The molecular weight excluding hydrogens is 154 g/mol. The third-order valence-electron chi connectivity index (χ3n) is 1.50. The molecule has 1 amide bonds. The summed E-state index contributed by atoms with van der Waals surface area (Å²) in [6, 6.07) is 0. The fourth-order valence-electron chi connectivity index (χ4n) is 0.883. The van der Waals surface area contributed by atoms with E-state index in [0.717, 1.165) is 25.8 Å². The molecule has 0 aromatic heterocycles. The Morgan fingerprint density at radius 2 is 2.08 bits per heavy atom. The SMILES string of the molecule is C[13C](=O)NCCCCC=[N+](C)[13CH3]. The molecule has 0 saturated carbocycles. The van der Waals surface area contributed by atoms with Crippen molar-refractivity contribution in [3.8, 4) is 0 Å². The van der Waals surface area contributed by atoms with E-state index in [-0.39, 0.29) is 5.91 Å². The second-order valence-electron chi connectivity index (χ2n) is 3.12. The molecule has 0 bridgehead atoms. The predicted octanol–water partition coefficient (Wildman–Crippen LogP) is 0.636. The molecule has 3 heteroatoms. The Morgan fingerprint density at radius 3 is 2.58 bits per heavy atom. The maximum Gasteiger partial charge on any atom is 0.216 e. The molecule has 0 unspecified atom stereocenters. The first-order valence-electron chi connectivity index (χ1n) is 4.37. The molecule has 0 aromatic rings. The molecule has 12 heavy (non-hydrogen) atoms. The summed E-state index contributed by atoms with van der Waals surface area (Å²) >= 11 is 0. The molecule has 0 aliphatic rings. The lowest BCUT2D eigenvalue weighted by atomic mass is 10.2. The summed E-state index contributed by atoms with van der Waals surface area (Å²) < 4.78 is 2.05. The minimum atomic E-state index is 0.0617. The molecule has 0 saturated heterocycles. The Morgan fingerprint density at radius 1 is 1.42 bits per heavy atom. The number of hydrogen-bond donors (Lipinski definition) is 1. The highest BCUT2D eigenvalue weighted by molar-refractivity contribution is 5.72. The first-order chi connectivity index (χ1) is 5.63. The first kappa shape index (κ1) is 11.1. The summed E-state index contributed by atoms with van der Waals surface area (Å²) in [5.41, 5.74) is 0. The second-order valence-corrected chi connectivity index (χ2v) is 3.12. The van der Waals surface area contributed by atoms with Crippen molar-refractivity contribution in [3.05, 3.63) is 0 Å². The van der Waals surface area contributed by atoms with Crippen molar-refractivity contribution < 1.29 is 9.37 Å². The number of hydrogen-bond acceptors (Lipinski definition) is 1. The predicted molar refractivity (Wildman–Crippen MR) is 50.7 cm³/mol. The van der Waals surface area contributed by atoms with Crippen LogP contribution in [0.5, 0.6) is 0 Å². The molecule has 0 aliphatic carbocycles. The fourth-order valence-corrected chi connectivity index (χ4v) is 0.883. The molecule has 0 heterocycles. The minimum absolute atomic E-state index is 0.0617. The van der Waals surface area contributed by atoms with Gasteiger partial charge in [-0.15, -0.1) is 0 Å². The van der Waals surface area contributed by atoms with Crippen LogP contribution in [0.2, 0.25) is 0 Å². The molecule has 0 radical (unpaired) electrons. The highest BCUT2D eigenvalue weighted by Gasteiger charge is 1.91. The van der Waals surface area contributed by atoms with Crippen LogP contribution in [0.3, 0.4) is 0 Å². The maximum absolute atomic E-state index is 10.5. The van der Waals surface area contributed by atoms with Gasteiger partial charge >= 0.3 is 0 Å². The smallest absolute Gasteiger partial charge is 0.216 e. The molecule has 3 nitrogen and oxygen atoms in total. The lowest BCUT2D eigenvalue weighted by Crippen LogP contribution is -2.20. The van der Waals surface area contributed by atoms with E-state index in [1.165, 1.54) is 0 Å². The van der Waals surface area contributed by atoms with Crippen LogP contribution in [0, 0.1) is 0 Å². The third kappa shape index (κ3) is 9.14. The zero-order valence-electron chi connectivity index (χ0n) is 8.26. The maximum atomic E-state index is 10.5. The van der Waals surface area contributed by atoms with Gasteiger partial charge in [0.15, 0.2) is 0 Å². The molecule has 70 valence electrons. The van der Waals surface area contributed by atoms with Gasteiger partial charge in [-0.1, -0.05) is 0 Å². The van der Waals surface area contributed by atoms with Crippen LogP contribution in [0.1, 0.15) is 26.2 Å². The van der Waals surface area contributed by atoms with Crippen LogP contribution in [-0.4, -0.2) is 37.3 Å². The standard InChI is InChI=1S/C9H18N2O/c1-9(12)10-7-5-4-6-8-11(2)3/h8H,4-7H2,1-3H3/p+1/i2+1,9+1. The average Bonchev–Trinajstić information content (AvgIpc) is 1.95. The van der Waals surface area contributed by atoms with Gasteiger partial charge in [0, 0.05) is 19.9 Å². The lowest BCUT2D eigenvalue weighted by molar-refractivity contribution is -0.460.